The van der Waals surface area contributed by atoms with Crippen LogP contribution >= 0.6 is 0 Å². The summed E-state index contributed by atoms with van der Waals surface area (Å²) in [7, 11) is 0. The summed E-state index contributed by atoms with van der Waals surface area (Å²) in [5.41, 5.74) is 0. The highest BCUT2D eigenvalue weighted by molar-refractivity contribution is 5.82. The molecule has 0 aromatic rings. The summed E-state index contributed by atoms with van der Waals surface area (Å²) >= 11 is 0. The smallest absolute Gasteiger partial charge is 0.326 e. The average Bonchev–Trinajstić information content (AvgIpc) is 2.39. The van der Waals surface area contributed by atoms with Crippen LogP contribution in [0.25, 0.3) is 0 Å². The van der Waals surface area contributed by atoms with Gasteiger partial charge in [-0.3, -0.25) is 0 Å². The van der Waals surface area contributed by atoms with Gasteiger partial charge in [0.05, 0.1) is 0 Å². The van der Waals surface area contributed by atoms with E-state index in [2.05, 4.69) is 19.2 Å². The minimum Gasteiger partial charge on any atom is -0.480 e. The molecule has 2 amide bonds. The van der Waals surface area contributed by atoms with Gasteiger partial charge in [-0.15, -0.1) is 0 Å². The first-order valence-electron chi connectivity index (χ1n) is 6.89. The van der Waals surface area contributed by atoms with Crippen molar-refractivity contribution in [2.75, 3.05) is 19.7 Å². The van der Waals surface area contributed by atoms with E-state index in [1.165, 1.54) is 0 Å². The van der Waals surface area contributed by atoms with Crippen LogP contribution in [0.4, 0.5) is 4.79 Å². The summed E-state index contributed by atoms with van der Waals surface area (Å²) in [4.78, 5) is 24.5. The van der Waals surface area contributed by atoms with Crippen LogP contribution in [0.15, 0.2) is 0 Å². The molecule has 0 aromatic carbocycles. The van der Waals surface area contributed by atoms with Crippen LogP contribution in [-0.4, -0.2) is 52.9 Å². The van der Waals surface area contributed by atoms with Crippen molar-refractivity contribution in [2.45, 2.75) is 46.1 Å². The average molecular weight is 274 g/mol. The first kappa shape index (κ1) is 17.7. The summed E-state index contributed by atoms with van der Waals surface area (Å²) in [6.07, 6.45) is 1.99. The molecule has 0 aliphatic rings. The number of carboxylic acid groups (broad SMARTS) is 1. The minimum absolute atomic E-state index is 0.0175. The number of nitrogens with zero attached hydrogens (tertiary/aromatic N) is 1. The zero-order chi connectivity index (χ0) is 14.8. The maximum absolute atomic E-state index is 12.0. The maximum Gasteiger partial charge on any atom is 0.326 e. The van der Waals surface area contributed by atoms with Crippen LogP contribution in [0.3, 0.4) is 0 Å². The Balaban J connectivity index is 4.52. The number of carboxylic acids is 1. The number of aliphatic carboxylic acids is 1. The van der Waals surface area contributed by atoms with Gasteiger partial charge in [0, 0.05) is 26.1 Å². The predicted molar refractivity (Wildman–Crippen MR) is 73.0 cm³/mol. The van der Waals surface area contributed by atoms with Crippen LogP contribution in [0.5, 0.6) is 0 Å². The van der Waals surface area contributed by atoms with Gasteiger partial charge < -0.3 is 20.4 Å². The van der Waals surface area contributed by atoms with Crippen molar-refractivity contribution in [1.29, 1.82) is 0 Å². The SMILES string of the molecule is CCC(CC)CN(CC)C(=O)N[C@@H](CCO)C(=O)O. The number of aliphatic hydroxyl groups is 1. The molecule has 112 valence electrons. The molecule has 0 saturated carbocycles. The van der Waals surface area contributed by atoms with E-state index in [0.29, 0.717) is 19.0 Å². The predicted octanol–water partition coefficient (Wildman–Crippen LogP) is 1.29. The molecule has 19 heavy (non-hydrogen) atoms. The van der Waals surface area contributed by atoms with E-state index < -0.39 is 12.0 Å². The Morgan fingerprint density at radius 2 is 1.79 bits per heavy atom. The lowest BCUT2D eigenvalue weighted by Gasteiger charge is -2.27. The number of carbonyl (C=O) groups is 2. The molecule has 0 spiro atoms. The van der Waals surface area contributed by atoms with Crippen LogP contribution in [-0.2, 0) is 4.79 Å². The summed E-state index contributed by atoms with van der Waals surface area (Å²) in [5.74, 6) is -0.701. The van der Waals surface area contributed by atoms with Crippen molar-refractivity contribution in [3.63, 3.8) is 0 Å². The molecular formula is C13H26N2O4. The second kappa shape index (κ2) is 9.61. The highest BCUT2D eigenvalue weighted by Crippen LogP contribution is 2.10. The van der Waals surface area contributed by atoms with Gasteiger partial charge in [-0.05, 0) is 12.8 Å². The topological polar surface area (TPSA) is 89.9 Å². The normalized spacial score (nSPS) is 12.3. The molecule has 1 atom stereocenters. The lowest BCUT2D eigenvalue weighted by molar-refractivity contribution is -0.139. The van der Waals surface area contributed by atoms with E-state index >= 15 is 0 Å². The highest BCUT2D eigenvalue weighted by Gasteiger charge is 2.23. The van der Waals surface area contributed by atoms with E-state index in [1.54, 1.807) is 4.90 Å². The van der Waals surface area contributed by atoms with E-state index in [1.807, 2.05) is 6.92 Å². The summed E-state index contributed by atoms with van der Waals surface area (Å²) < 4.78 is 0. The van der Waals surface area contributed by atoms with Gasteiger partial charge >= 0.3 is 12.0 Å². The number of aliphatic hydroxyl groups excluding tert-OH is 1. The number of urea groups is 1. The molecular weight excluding hydrogens is 248 g/mol. The van der Waals surface area contributed by atoms with Gasteiger partial charge in [0.2, 0.25) is 0 Å². The molecule has 0 fully saturated rings. The number of nitrogens with one attached hydrogen (secondary N) is 1. The van der Waals surface area contributed by atoms with Crippen LogP contribution in [0.1, 0.15) is 40.0 Å². The number of amides is 2. The largest absolute Gasteiger partial charge is 0.480 e. The van der Waals surface area contributed by atoms with Crippen molar-refractivity contribution < 1.29 is 19.8 Å². The lowest BCUT2D eigenvalue weighted by atomic mass is 10.0. The van der Waals surface area contributed by atoms with Crippen molar-refractivity contribution >= 4 is 12.0 Å². The van der Waals surface area contributed by atoms with Gasteiger partial charge in [-0.25, -0.2) is 9.59 Å². The highest BCUT2D eigenvalue weighted by atomic mass is 16.4. The fourth-order valence-corrected chi connectivity index (χ4v) is 1.84. The monoisotopic (exact) mass is 274 g/mol. The van der Waals surface area contributed by atoms with Crippen LogP contribution in [0, 0.1) is 5.92 Å². The molecule has 0 rings (SSSR count). The molecule has 0 radical (unpaired) electrons. The number of carbonyl (C=O) groups excluding carboxylic acids is 1. The second-order valence-corrected chi connectivity index (χ2v) is 4.57. The molecule has 6 heteroatoms. The van der Waals surface area contributed by atoms with Gasteiger partial charge in [0.15, 0.2) is 0 Å². The number of hydrogen-bond donors (Lipinski definition) is 3. The summed E-state index contributed by atoms with van der Waals surface area (Å²) in [6.45, 7) is 6.91. The second-order valence-electron chi connectivity index (χ2n) is 4.57. The van der Waals surface area contributed by atoms with E-state index in [0.717, 1.165) is 12.8 Å². The van der Waals surface area contributed by atoms with Gasteiger partial charge in [0.25, 0.3) is 0 Å². The Morgan fingerprint density at radius 1 is 1.21 bits per heavy atom. The maximum atomic E-state index is 12.0. The van der Waals surface area contributed by atoms with Crippen LogP contribution < -0.4 is 5.32 Å². The summed E-state index contributed by atoms with van der Waals surface area (Å²) in [5, 5.41) is 20.2. The molecule has 0 aromatic heterocycles. The Labute approximate surface area is 114 Å². The van der Waals surface area contributed by atoms with Crippen LogP contribution in [0.2, 0.25) is 0 Å². The van der Waals surface area contributed by atoms with Crippen molar-refractivity contribution in [2.24, 2.45) is 5.92 Å². The van der Waals surface area contributed by atoms with Gasteiger partial charge in [0.1, 0.15) is 6.04 Å². The zero-order valence-electron chi connectivity index (χ0n) is 12.1. The zero-order valence-corrected chi connectivity index (χ0v) is 12.1. The molecule has 3 N–H and O–H groups in total. The van der Waals surface area contributed by atoms with E-state index in [4.69, 9.17) is 10.2 Å². The molecule has 0 bridgehead atoms. The molecule has 0 aliphatic heterocycles. The third-order valence-electron chi connectivity index (χ3n) is 3.32. The lowest BCUT2D eigenvalue weighted by Crippen LogP contribution is -2.49. The fourth-order valence-electron chi connectivity index (χ4n) is 1.84. The Bertz CT molecular complexity index is 280. The van der Waals surface area contributed by atoms with E-state index in [9.17, 15) is 9.59 Å². The molecule has 0 saturated heterocycles. The first-order chi connectivity index (χ1) is 8.99. The van der Waals surface area contributed by atoms with Gasteiger partial charge in [-0.1, -0.05) is 26.7 Å². The third-order valence-corrected chi connectivity index (χ3v) is 3.32. The molecule has 6 nitrogen and oxygen atoms in total. The number of rotatable bonds is 9. The first-order valence-corrected chi connectivity index (χ1v) is 6.89. The molecule has 0 unspecified atom stereocenters. The molecule has 0 heterocycles. The third kappa shape index (κ3) is 6.42. The Kier molecular flexibility index (Phi) is 8.95. The Hall–Kier alpha value is -1.30. The minimum atomic E-state index is -1.12. The molecule has 0 aliphatic carbocycles. The standard InChI is InChI=1S/C13H26N2O4/c1-4-10(5-2)9-15(6-3)13(19)14-11(7-8-16)12(17)18/h10-11,16H,4-9H2,1-3H3,(H,14,19)(H,17,18)/t11-/m0/s1. The quantitative estimate of drug-likeness (QED) is 0.591. The van der Waals surface area contributed by atoms with Crippen molar-refractivity contribution in [3.05, 3.63) is 0 Å². The Morgan fingerprint density at radius 3 is 2.16 bits per heavy atom. The van der Waals surface area contributed by atoms with Crippen molar-refractivity contribution in [3.8, 4) is 0 Å². The van der Waals surface area contributed by atoms with Crippen molar-refractivity contribution in [1.82, 2.24) is 10.2 Å². The van der Waals surface area contributed by atoms with Gasteiger partial charge in [-0.2, -0.15) is 0 Å². The summed E-state index contributed by atoms with van der Waals surface area (Å²) in [6, 6.07) is -1.41. The fraction of sp³-hybridized carbons (Fsp3) is 0.846. The van der Waals surface area contributed by atoms with E-state index in [-0.39, 0.29) is 19.1 Å². The number of hydrogen-bond acceptors (Lipinski definition) is 3.